The van der Waals surface area contributed by atoms with Gasteiger partial charge in [0, 0.05) is 68.3 Å². The predicted octanol–water partition coefficient (Wildman–Crippen LogP) is 6.51. The molecule has 0 aliphatic rings. The summed E-state index contributed by atoms with van der Waals surface area (Å²) in [6, 6.07) is 50.6. The van der Waals surface area contributed by atoms with Crippen LogP contribution in [0.15, 0.2) is 195 Å². The van der Waals surface area contributed by atoms with Crippen molar-refractivity contribution in [3.05, 3.63) is 258 Å². The standard InChI is InChI=1S/C13H14NS.2C11H11N2.2C9H5F2N2.C9H7N2.3C4H9.3CH3.ClH.3Li.Mg.2Sn/c1-13(2,3)12-14-11(9-15-12)10-7-5-4-6-8-10;2*1-9-4-3-5-10(8-9)11-12-6-7-13(11)2;2*10-7-2-3-9(8(11)6-7)13-5-1-4-12-13;1-2-5-9(6-3-1)11-8-4-7-10-11;3*1-3-4-2;;;;;;;;;;/h4-7,9H,1-3H3;2*3-4,6-8H,1-2H3;2*1-2,4-6H;1-5,7-8H;3*1,3-4H2,2H3;3*1H3;1H;;;;;;/q3*-1;;-1;;;;;;;;;3*+1;+2;;/p-1. The number of hydrogen-bond donors (Lipinski definition) is 0. The molecule has 100 heavy (non-hydrogen) atoms. The first-order chi connectivity index (χ1) is 45.5. The maximum absolute atomic E-state index is 14.9. The van der Waals surface area contributed by atoms with Gasteiger partial charge in [-0.15, -0.1) is 130 Å². The van der Waals surface area contributed by atoms with Crippen molar-refractivity contribution in [3.8, 4) is 51.1 Å². The first-order valence-corrected chi connectivity index (χ1v) is 50.7. The number of rotatable bonds is 17. The number of benzene rings is 6. The van der Waals surface area contributed by atoms with Crippen LogP contribution in [-0.4, -0.2) is 113 Å². The Bertz CT molecular complexity index is 4120. The molecule has 0 saturated carbocycles. The Morgan fingerprint density at radius 3 is 1.44 bits per heavy atom. The fourth-order valence-corrected chi connectivity index (χ4v) is 32.6. The molecule has 23 heteroatoms. The van der Waals surface area contributed by atoms with Crippen molar-refractivity contribution in [2.75, 3.05) is 0 Å². The molecule has 0 N–H and O–H groups in total. The Kier molecular flexibility index (Phi) is 41.4. The van der Waals surface area contributed by atoms with Crippen LogP contribution in [0.4, 0.5) is 17.6 Å². The molecular formula is C77H89ClF4Li3MgN11SSn2. The summed E-state index contributed by atoms with van der Waals surface area (Å²) in [6.45, 7) is 17.3. The van der Waals surface area contributed by atoms with Gasteiger partial charge in [0.05, 0.1) is 16.7 Å². The Balaban J connectivity index is 0.000000412. The summed E-state index contributed by atoms with van der Waals surface area (Å²) in [5.41, 5.74) is 8.69. The molecule has 0 bridgehead atoms. The van der Waals surface area contributed by atoms with Gasteiger partial charge in [-0.05, 0) is 22.8 Å². The van der Waals surface area contributed by atoms with E-state index in [9.17, 15) is 17.6 Å². The molecule has 12 aromatic rings. The van der Waals surface area contributed by atoms with E-state index in [4.69, 9.17) is 0 Å². The van der Waals surface area contributed by atoms with Crippen molar-refractivity contribution in [2.45, 2.75) is 127 Å². The van der Waals surface area contributed by atoms with Crippen molar-refractivity contribution in [3.63, 3.8) is 0 Å². The Hall–Kier alpha value is -4.83. The fourth-order valence-electron chi connectivity index (χ4n) is 10.6. The molecule has 6 aromatic heterocycles. The number of unbranched alkanes of at least 4 members (excludes halogenated alkanes) is 3. The molecule has 506 valence electrons. The third kappa shape index (κ3) is 27.3. The van der Waals surface area contributed by atoms with Gasteiger partial charge >= 0.3 is 336 Å². The van der Waals surface area contributed by atoms with Crippen LogP contribution in [0.3, 0.4) is 0 Å². The van der Waals surface area contributed by atoms with Crippen LogP contribution in [0.2, 0.25) is 28.1 Å². The van der Waals surface area contributed by atoms with Crippen LogP contribution < -0.4 is 76.1 Å². The Morgan fingerprint density at radius 2 is 1.01 bits per heavy atom. The largest absolute Gasteiger partial charge is 2.00 e. The second-order valence-electron chi connectivity index (χ2n) is 25.4. The van der Waals surface area contributed by atoms with Gasteiger partial charge in [0.25, 0.3) is 0 Å². The zero-order valence-corrected chi connectivity index (χ0v) is 70.0. The van der Waals surface area contributed by atoms with Gasteiger partial charge in [0.2, 0.25) is 0 Å². The molecule has 0 spiro atoms. The summed E-state index contributed by atoms with van der Waals surface area (Å²) < 4.78 is 69.7. The van der Waals surface area contributed by atoms with Crippen LogP contribution in [0.5, 0.6) is 0 Å². The first kappa shape index (κ1) is 91.2. The maximum Gasteiger partial charge on any atom is 2.00 e. The molecule has 6 heterocycles. The van der Waals surface area contributed by atoms with Crippen molar-refractivity contribution >= 4 is 78.3 Å². The molecule has 0 aliphatic carbocycles. The minimum Gasteiger partial charge on any atom is -1.00 e. The smallest absolute Gasteiger partial charge is 1.00 e. The molecule has 0 atom stereocenters. The SMILES string of the molecule is CC(C)(C)c1nc(-c2[c-]cccc2)cs1.CCC[CH2][Sn]([CH2]CCC)([CH2]CCC)[c]1cc(F)cc(F)c1-n1cccn1.Cc1cc[c-]c(-c2nccn2C)c1.Cc1cc[c-]c(-c2nccn2C)c1.Fc1c[c-]c(-n2cccn2)c(F)c1.[CH3][Sn]([CH3])([CH3])[c]1ccccc1-n1cccn1.[Cl-].[Li+].[Li+].[Li+].[Mg+2]. The van der Waals surface area contributed by atoms with Crippen LogP contribution >= 0.6 is 11.3 Å². The molecule has 12 rings (SSSR count). The van der Waals surface area contributed by atoms with E-state index in [2.05, 4.69) is 167 Å². The number of hydrogen-bond acceptors (Lipinski definition) is 7. The van der Waals surface area contributed by atoms with Crippen molar-refractivity contribution < 1.29 is 86.6 Å². The van der Waals surface area contributed by atoms with Crippen molar-refractivity contribution in [1.29, 1.82) is 0 Å². The van der Waals surface area contributed by atoms with Gasteiger partial charge in [-0.25, -0.2) is 0 Å². The molecule has 0 aliphatic heterocycles. The number of para-hydroxylation sites is 1. The van der Waals surface area contributed by atoms with Crippen LogP contribution in [0.1, 0.15) is 96.2 Å². The van der Waals surface area contributed by atoms with Crippen LogP contribution in [-0.2, 0) is 19.5 Å². The minimum absolute atomic E-state index is 0. The van der Waals surface area contributed by atoms with E-state index in [-0.39, 0.29) is 103 Å². The second-order valence-corrected chi connectivity index (χ2v) is 53.7. The van der Waals surface area contributed by atoms with Gasteiger partial charge in [-0.3, -0.25) is 28.4 Å². The van der Waals surface area contributed by atoms with E-state index in [1.54, 1.807) is 65.2 Å². The summed E-state index contributed by atoms with van der Waals surface area (Å²) >= 11 is -3.29. The summed E-state index contributed by atoms with van der Waals surface area (Å²) in [7, 11) is 3.97. The molecule has 0 saturated heterocycles. The molecule has 0 fully saturated rings. The number of thiazole rings is 1. The molecule has 0 amide bonds. The zero-order valence-electron chi connectivity index (χ0n) is 61.3. The number of aryl methyl sites for hydroxylation is 4. The third-order valence-corrected chi connectivity index (χ3v) is 38.2. The maximum atomic E-state index is 14.9. The monoisotopic (exact) mass is 1600 g/mol. The van der Waals surface area contributed by atoms with Gasteiger partial charge in [0.15, 0.2) is 0 Å². The topological polar surface area (TPSA) is 102 Å². The van der Waals surface area contributed by atoms with E-state index in [0.717, 1.165) is 94.3 Å². The van der Waals surface area contributed by atoms with Gasteiger partial charge < -0.3 is 21.5 Å². The Morgan fingerprint density at radius 1 is 0.520 bits per heavy atom. The second kappa shape index (κ2) is 45.4. The summed E-state index contributed by atoms with van der Waals surface area (Å²) in [5, 5.41) is 15.7. The predicted molar refractivity (Wildman–Crippen MR) is 392 cm³/mol. The molecule has 11 nitrogen and oxygen atoms in total. The van der Waals surface area contributed by atoms with Gasteiger partial charge in [-0.2, -0.15) is 11.2 Å². The van der Waals surface area contributed by atoms with Crippen LogP contribution in [0.25, 0.3) is 51.1 Å². The van der Waals surface area contributed by atoms with Gasteiger partial charge in [-0.1, -0.05) is 34.6 Å². The summed E-state index contributed by atoms with van der Waals surface area (Å²) in [4.78, 5) is 20.4. The number of nitrogens with zero attached hydrogens (tertiary/aromatic N) is 11. The quantitative estimate of drug-likeness (QED) is 0.0586. The van der Waals surface area contributed by atoms with E-state index in [0.29, 0.717) is 5.69 Å². The normalized spacial score (nSPS) is 10.6. The van der Waals surface area contributed by atoms with Crippen molar-refractivity contribution in [1.82, 2.24) is 53.4 Å². The average molecular weight is 1590 g/mol. The summed E-state index contributed by atoms with van der Waals surface area (Å²) in [5.74, 6) is -0.322. The number of halogens is 5. The van der Waals surface area contributed by atoms with Gasteiger partial charge in [0.1, 0.15) is 0 Å². The van der Waals surface area contributed by atoms with E-state index >= 15 is 0 Å². The molecule has 6 aromatic carbocycles. The first-order valence-electron chi connectivity index (χ1n) is 32.4. The number of aromatic nitrogens is 11. The Labute approximate surface area is 662 Å². The zero-order chi connectivity index (χ0) is 68.5. The molecule has 0 unspecified atom stereocenters. The third-order valence-electron chi connectivity index (χ3n) is 15.6. The number of imidazole rings is 2. The van der Waals surface area contributed by atoms with E-state index in [1.165, 1.54) is 49.6 Å². The summed E-state index contributed by atoms with van der Waals surface area (Å²) in [6.07, 6.45) is 24.7. The minimum atomic E-state index is -2.98. The fraction of sp³-hybridized carbons (Fsp3) is 0.299. The average Bonchev–Trinajstić information content (AvgIpc) is 0.994. The van der Waals surface area contributed by atoms with Crippen LogP contribution in [0, 0.1) is 61.4 Å². The van der Waals surface area contributed by atoms with E-state index < -0.39 is 60.0 Å². The van der Waals surface area contributed by atoms with Crippen molar-refractivity contribution in [2.24, 2.45) is 14.1 Å². The molecular weight excluding hydrogens is 1500 g/mol. The van der Waals surface area contributed by atoms with E-state index in [1.807, 2.05) is 107 Å². The molecule has 0 radical (unpaired) electrons.